The minimum absolute atomic E-state index is 0.126. The molecule has 2 rings (SSSR count). The van der Waals surface area contributed by atoms with Gasteiger partial charge in [0.2, 0.25) is 5.91 Å². The van der Waals surface area contributed by atoms with Crippen molar-refractivity contribution in [1.82, 2.24) is 4.90 Å². The molecule has 0 unspecified atom stereocenters. The van der Waals surface area contributed by atoms with Gasteiger partial charge in [-0.3, -0.25) is 9.69 Å². The summed E-state index contributed by atoms with van der Waals surface area (Å²) < 4.78 is 39.8. The normalized spacial score (nSPS) is 20.0. The number of amides is 1. The van der Waals surface area contributed by atoms with Gasteiger partial charge in [0, 0.05) is 24.7 Å². The molecule has 2 N–H and O–H groups in total. The van der Waals surface area contributed by atoms with Gasteiger partial charge in [-0.2, -0.15) is 0 Å². The van der Waals surface area contributed by atoms with E-state index in [1.54, 1.807) is 0 Å². The number of nitrogens with two attached hydrogens (primary N) is 1. The fourth-order valence-corrected chi connectivity index (χ4v) is 1.76. The quantitative estimate of drug-likeness (QED) is 0.824. The number of hydrogen-bond acceptors (Lipinski definition) is 3. The van der Waals surface area contributed by atoms with E-state index in [2.05, 4.69) is 4.99 Å². The minimum Gasteiger partial charge on any atom is -0.369 e. The van der Waals surface area contributed by atoms with Crippen LogP contribution in [0, 0.1) is 17.5 Å². The van der Waals surface area contributed by atoms with Gasteiger partial charge in [-0.15, -0.1) is 0 Å². The first-order chi connectivity index (χ1) is 8.40. The van der Waals surface area contributed by atoms with Crippen LogP contribution in [-0.4, -0.2) is 23.8 Å². The van der Waals surface area contributed by atoms with Gasteiger partial charge in [0.15, 0.2) is 5.96 Å². The highest BCUT2D eigenvalue weighted by molar-refractivity contribution is 5.98. The van der Waals surface area contributed by atoms with Crippen molar-refractivity contribution in [2.24, 2.45) is 10.7 Å². The van der Waals surface area contributed by atoms with Crippen LogP contribution in [-0.2, 0) is 4.79 Å². The van der Waals surface area contributed by atoms with Gasteiger partial charge in [-0.1, -0.05) is 0 Å². The molecule has 0 bridgehead atoms. The van der Waals surface area contributed by atoms with Crippen molar-refractivity contribution < 1.29 is 18.0 Å². The van der Waals surface area contributed by atoms with E-state index in [0.717, 1.165) is 4.90 Å². The lowest BCUT2D eigenvalue weighted by atomic mass is 10.0. The number of rotatable bonds is 1. The largest absolute Gasteiger partial charge is 0.369 e. The molecule has 1 aliphatic rings. The number of nitrogens with zero attached hydrogens (tertiary/aromatic N) is 2. The summed E-state index contributed by atoms with van der Waals surface area (Å²) >= 11 is 0. The number of aliphatic imine (C=N–C) groups is 1. The molecule has 1 amide bonds. The monoisotopic (exact) mass is 257 g/mol. The lowest BCUT2D eigenvalue weighted by Crippen LogP contribution is -2.43. The van der Waals surface area contributed by atoms with Crippen molar-refractivity contribution in [2.75, 3.05) is 7.05 Å². The lowest BCUT2D eigenvalue weighted by molar-refractivity contribution is -0.127. The summed E-state index contributed by atoms with van der Waals surface area (Å²) in [4.78, 5) is 16.4. The molecule has 7 heteroatoms. The van der Waals surface area contributed by atoms with Crippen LogP contribution in [0.5, 0.6) is 0 Å². The third kappa shape index (κ3) is 2.03. The van der Waals surface area contributed by atoms with Crippen LogP contribution in [0.3, 0.4) is 0 Å². The van der Waals surface area contributed by atoms with Crippen LogP contribution in [0.2, 0.25) is 0 Å². The molecule has 1 atom stereocenters. The maximum Gasteiger partial charge on any atom is 0.231 e. The van der Waals surface area contributed by atoms with E-state index >= 15 is 0 Å². The van der Waals surface area contributed by atoms with Crippen molar-refractivity contribution in [3.05, 3.63) is 35.1 Å². The summed E-state index contributed by atoms with van der Waals surface area (Å²) in [6, 6.07) is 0.0362. The number of carbonyl (C=O) groups excluding carboxylic acids is 1. The zero-order valence-corrected chi connectivity index (χ0v) is 9.45. The summed E-state index contributed by atoms with van der Waals surface area (Å²) in [7, 11) is 1.41. The Bertz CT molecular complexity index is 521. The van der Waals surface area contributed by atoms with E-state index in [0.29, 0.717) is 12.1 Å². The Kier molecular flexibility index (Phi) is 2.98. The summed E-state index contributed by atoms with van der Waals surface area (Å²) in [5, 5.41) is 0. The first-order valence-corrected chi connectivity index (χ1v) is 5.14. The SMILES string of the molecule is CN1C(=O)C[C@H](c2c(F)cc(F)cc2F)N=C1N. The molecular weight excluding hydrogens is 247 g/mol. The van der Waals surface area contributed by atoms with E-state index in [-0.39, 0.29) is 12.4 Å². The van der Waals surface area contributed by atoms with Gasteiger partial charge in [0.25, 0.3) is 0 Å². The number of hydrogen-bond donors (Lipinski definition) is 1. The molecule has 4 nitrogen and oxygen atoms in total. The summed E-state index contributed by atoms with van der Waals surface area (Å²) in [6.45, 7) is 0. The van der Waals surface area contributed by atoms with Crippen molar-refractivity contribution in [3.63, 3.8) is 0 Å². The van der Waals surface area contributed by atoms with Crippen LogP contribution >= 0.6 is 0 Å². The Morgan fingerprint density at radius 2 is 1.89 bits per heavy atom. The first kappa shape index (κ1) is 12.4. The van der Waals surface area contributed by atoms with Crippen molar-refractivity contribution in [2.45, 2.75) is 12.5 Å². The van der Waals surface area contributed by atoms with E-state index < -0.39 is 35.0 Å². The molecule has 1 aromatic carbocycles. The lowest BCUT2D eigenvalue weighted by Gasteiger charge is -2.26. The van der Waals surface area contributed by atoms with Crippen molar-refractivity contribution in [3.8, 4) is 0 Å². The highest BCUT2D eigenvalue weighted by Crippen LogP contribution is 2.30. The van der Waals surface area contributed by atoms with Crippen LogP contribution in [0.15, 0.2) is 17.1 Å². The first-order valence-electron chi connectivity index (χ1n) is 5.14. The van der Waals surface area contributed by atoms with Gasteiger partial charge < -0.3 is 5.73 Å². The fraction of sp³-hybridized carbons (Fsp3) is 0.273. The predicted octanol–water partition coefficient (Wildman–Crippen LogP) is 1.32. The summed E-state index contributed by atoms with van der Waals surface area (Å²) in [6.07, 6.45) is -0.212. The molecule has 96 valence electrons. The molecule has 0 spiro atoms. The average molecular weight is 257 g/mol. The molecule has 1 aliphatic heterocycles. The van der Waals surface area contributed by atoms with Crippen molar-refractivity contribution >= 4 is 11.9 Å². The second-order valence-electron chi connectivity index (χ2n) is 3.94. The van der Waals surface area contributed by atoms with Crippen molar-refractivity contribution in [1.29, 1.82) is 0 Å². The summed E-state index contributed by atoms with van der Waals surface area (Å²) in [5.74, 6) is -3.71. The van der Waals surface area contributed by atoms with Gasteiger partial charge in [0.1, 0.15) is 17.5 Å². The maximum absolute atomic E-state index is 13.5. The molecule has 1 aromatic rings. The fourth-order valence-electron chi connectivity index (χ4n) is 1.76. The molecule has 0 saturated carbocycles. The molecule has 0 aliphatic carbocycles. The van der Waals surface area contributed by atoms with Crippen LogP contribution in [0.4, 0.5) is 13.2 Å². The van der Waals surface area contributed by atoms with Gasteiger partial charge in [-0.25, -0.2) is 18.2 Å². The minimum atomic E-state index is -1.08. The molecule has 0 saturated heterocycles. The molecule has 18 heavy (non-hydrogen) atoms. The Hall–Kier alpha value is -2.05. The Morgan fingerprint density at radius 1 is 1.33 bits per heavy atom. The molecule has 1 heterocycles. The highest BCUT2D eigenvalue weighted by atomic mass is 19.1. The second kappa shape index (κ2) is 4.32. The maximum atomic E-state index is 13.5. The zero-order valence-electron chi connectivity index (χ0n) is 9.45. The van der Waals surface area contributed by atoms with E-state index in [1.807, 2.05) is 0 Å². The third-order valence-corrected chi connectivity index (χ3v) is 2.75. The van der Waals surface area contributed by atoms with Gasteiger partial charge in [0.05, 0.1) is 12.5 Å². The molecule has 0 fully saturated rings. The zero-order chi connectivity index (χ0) is 13.4. The van der Waals surface area contributed by atoms with Crippen LogP contribution < -0.4 is 5.73 Å². The Labute approximate surface area is 101 Å². The van der Waals surface area contributed by atoms with Gasteiger partial charge >= 0.3 is 0 Å². The highest BCUT2D eigenvalue weighted by Gasteiger charge is 2.30. The Balaban J connectivity index is 2.48. The van der Waals surface area contributed by atoms with E-state index in [1.165, 1.54) is 7.05 Å². The average Bonchev–Trinajstić information content (AvgIpc) is 2.24. The van der Waals surface area contributed by atoms with Crippen LogP contribution in [0.1, 0.15) is 18.0 Å². The predicted molar refractivity (Wildman–Crippen MR) is 58.1 cm³/mol. The molecular formula is C11H10F3N3O. The molecule has 0 aromatic heterocycles. The van der Waals surface area contributed by atoms with Crippen LogP contribution in [0.25, 0.3) is 0 Å². The smallest absolute Gasteiger partial charge is 0.231 e. The number of halogens is 3. The topological polar surface area (TPSA) is 58.7 Å². The Morgan fingerprint density at radius 3 is 2.39 bits per heavy atom. The molecule has 0 radical (unpaired) electrons. The van der Waals surface area contributed by atoms with E-state index in [4.69, 9.17) is 5.73 Å². The number of benzene rings is 1. The summed E-state index contributed by atoms with van der Waals surface area (Å²) in [5.41, 5.74) is 5.02. The third-order valence-electron chi connectivity index (χ3n) is 2.75. The standard InChI is InChI=1S/C11H10F3N3O/c1-17-9(18)4-8(16-11(17)15)10-6(13)2-5(12)3-7(10)14/h2-3,8H,4H2,1H3,(H2,15,16)/t8-/m1/s1. The van der Waals surface area contributed by atoms with Gasteiger partial charge in [-0.05, 0) is 0 Å². The second-order valence-corrected chi connectivity index (χ2v) is 3.94. The van der Waals surface area contributed by atoms with E-state index in [9.17, 15) is 18.0 Å². The number of carbonyl (C=O) groups is 1. The number of guanidine groups is 1.